The van der Waals surface area contributed by atoms with Gasteiger partial charge in [0.2, 0.25) is 0 Å². The molecule has 1 aliphatic rings. The Balaban J connectivity index is 2.50. The third-order valence-electron chi connectivity index (χ3n) is 2.88. The molecule has 0 radical (unpaired) electrons. The molecule has 1 aromatic rings. The summed E-state index contributed by atoms with van der Waals surface area (Å²) in [7, 11) is 0. The van der Waals surface area contributed by atoms with Crippen LogP contribution in [0.15, 0.2) is 12.1 Å². The average Bonchev–Trinajstić information content (AvgIpc) is 2.95. The second-order valence-corrected chi connectivity index (χ2v) is 3.74. The molecule has 1 aromatic carbocycles. The fraction of sp³-hybridized carbons (Fsp3) is 0.400. The smallest absolute Gasteiger partial charge is 0.188 e. The summed E-state index contributed by atoms with van der Waals surface area (Å²) in [5.74, 6) is -2.70. The zero-order valence-electron chi connectivity index (χ0n) is 7.56. The Morgan fingerprint density at radius 1 is 1.36 bits per heavy atom. The molecule has 2 rings (SSSR count). The lowest BCUT2D eigenvalue weighted by atomic mass is 9.95. The highest BCUT2D eigenvalue weighted by Crippen LogP contribution is 2.49. The molecule has 14 heavy (non-hydrogen) atoms. The maximum atomic E-state index is 13.4. The minimum atomic E-state index is -0.931. The van der Waals surface area contributed by atoms with Gasteiger partial charge in [0.05, 0.1) is 0 Å². The van der Waals surface area contributed by atoms with Gasteiger partial charge >= 0.3 is 0 Å². The Kier molecular flexibility index (Phi) is 1.96. The highest BCUT2D eigenvalue weighted by molar-refractivity contribution is 5.40. The molecule has 1 saturated carbocycles. The molecule has 0 heterocycles. The topological polar surface area (TPSA) is 46.2 Å². The quantitative estimate of drug-likeness (QED) is 0.760. The van der Waals surface area contributed by atoms with Crippen LogP contribution >= 0.6 is 0 Å². The van der Waals surface area contributed by atoms with Crippen molar-refractivity contribution in [3.63, 3.8) is 0 Å². The summed E-state index contributed by atoms with van der Waals surface area (Å²) in [6.45, 7) is 0.328. The molecule has 0 bridgehead atoms. The summed E-state index contributed by atoms with van der Waals surface area (Å²) in [4.78, 5) is 0. The molecule has 1 aliphatic carbocycles. The molecule has 0 unspecified atom stereocenters. The van der Waals surface area contributed by atoms with E-state index in [-0.39, 0.29) is 5.41 Å². The number of aromatic hydroxyl groups is 1. The van der Waals surface area contributed by atoms with Gasteiger partial charge in [0.15, 0.2) is 17.4 Å². The molecule has 76 valence electrons. The molecule has 4 heteroatoms. The maximum absolute atomic E-state index is 13.4. The van der Waals surface area contributed by atoms with Crippen molar-refractivity contribution in [2.75, 3.05) is 6.54 Å². The van der Waals surface area contributed by atoms with Gasteiger partial charge < -0.3 is 10.8 Å². The SMILES string of the molecule is NCC1(c2ccc(F)c(O)c2F)CC1. The normalized spacial score (nSPS) is 18.2. The number of phenols is 1. The van der Waals surface area contributed by atoms with Crippen molar-refractivity contribution >= 4 is 0 Å². The first-order valence-corrected chi connectivity index (χ1v) is 4.48. The van der Waals surface area contributed by atoms with Crippen LogP contribution in [0.1, 0.15) is 18.4 Å². The molecule has 1 fully saturated rings. The lowest BCUT2D eigenvalue weighted by molar-refractivity contribution is 0.389. The van der Waals surface area contributed by atoms with Gasteiger partial charge in [0.1, 0.15) is 0 Å². The van der Waals surface area contributed by atoms with E-state index >= 15 is 0 Å². The van der Waals surface area contributed by atoms with Crippen molar-refractivity contribution in [3.8, 4) is 5.75 Å². The summed E-state index contributed by atoms with van der Waals surface area (Å²) >= 11 is 0. The zero-order valence-corrected chi connectivity index (χ0v) is 7.56. The van der Waals surface area contributed by atoms with Crippen molar-refractivity contribution in [2.45, 2.75) is 18.3 Å². The van der Waals surface area contributed by atoms with Gasteiger partial charge in [-0.15, -0.1) is 0 Å². The number of nitrogens with two attached hydrogens (primary N) is 1. The molecule has 3 N–H and O–H groups in total. The third kappa shape index (κ3) is 1.18. The minimum absolute atomic E-state index is 0.328. The molecule has 0 aliphatic heterocycles. The summed E-state index contributed by atoms with van der Waals surface area (Å²) in [5, 5.41) is 9.08. The molecular weight excluding hydrogens is 188 g/mol. The van der Waals surface area contributed by atoms with Crippen LogP contribution in [0.25, 0.3) is 0 Å². The lowest BCUT2D eigenvalue weighted by Crippen LogP contribution is -2.21. The van der Waals surface area contributed by atoms with Crippen molar-refractivity contribution in [1.82, 2.24) is 0 Å². The number of hydrogen-bond acceptors (Lipinski definition) is 2. The molecule has 0 amide bonds. The molecule has 2 nitrogen and oxygen atoms in total. The van der Waals surface area contributed by atoms with Crippen LogP contribution in [-0.4, -0.2) is 11.7 Å². The highest BCUT2D eigenvalue weighted by atomic mass is 19.1. The van der Waals surface area contributed by atoms with Gasteiger partial charge in [-0.2, -0.15) is 0 Å². The van der Waals surface area contributed by atoms with Gasteiger partial charge in [0.25, 0.3) is 0 Å². The van der Waals surface area contributed by atoms with Crippen LogP contribution in [0.5, 0.6) is 5.75 Å². The number of phenolic OH excluding ortho intramolecular Hbond substituents is 1. The Morgan fingerprint density at radius 2 is 2.00 bits per heavy atom. The Bertz CT molecular complexity index is 375. The predicted octanol–water partition coefficient (Wildman–Crippen LogP) is 1.66. The standard InChI is InChI=1S/C10H11F2NO/c11-7-2-1-6(8(12)9(7)14)10(5-13)3-4-10/h1-2,14H,3-5,13H2. The Hall–Kier alpha value is -1.16. The van der Waals surface area contributed by atoms with Crippen molar-refractivity contribution < 1.29 is 13.9 Å². The Morgan fingerprint density at radius 3 is 2.50 bits per heavy atom. The van der Waals surface area contributed by atoms with Crippen LogP contribution in [0.3, 0.4) is 0 Å². The van der Waals surface area contributed by atoms with Crippen molar-refractivity contribution in [2.24, 2.45) is 5.73 Å². The average molecular weight is 199 g/mol. The number of benzene rings is 1. The Labute approximate surface area is 80.4 Å². The van der Waals surface area contributed by atoms with Gasteiger partial charge in [-0.25, -0.2) is 8.78 Å². The minimum Gasteiger partial charge on any atom is -0.503 e. The van der Waals surface area contributed by atoms with Crippen LogP contribution in [0.2, 0.25) is 0 Å². The lowest BCUT2D eigenvalue weighted by Gasteiger charge is -2.14. The first kappa shape index (κ1) is 9.40. The van der Waals surface area contributed by atoms with Gasteiger partial charge in [-0.3, -0.25) is 0 Å². The fourth-order valence-corrected chi connectivity index (χ4v) is 1.68. The van der Waals surface area contributed by atoms with E-state index in [1.54, 1.807) is 0 Å². The summed E-state index contributed by atoms with van der Waals surface area (Å²) in [6.07, 6.45) is 1.59. The fourth-order valence-electron chi connectivity index (χ4n) is 1.68. The second kappa shape index (κ2) is 2.92. The van der Waals surface area contributed by atoms with Crippen LogP contribution in [-0.2, 0) is 5.41 Å². The summed E-state index contributed by atoms with van der Waals surface area (Å²) < 4.78 is 26.2. The first-order chi connectivity index (χ1) is 6.60. The number of halogens is 2. The van der Waals surface area contributed by atoms with E-state index in [9.17, 15) is 8.78 Å². The van der Waals surface area contributed by atoms with E-state index in [4.69, 9.17) is 10.8 Å². The maximum Gasteiger partial charge on any atom is 0.188 e. The molecular formula is C10H11F2NO. The summed E-state index contributed by atoms with van der Waals surface area (Å²) in [5.41, 5.74) is 5.48. The van der Waals surface area contributed by atoms with Crippen molar-refractivity contribution in [3.05, 3.63) is 29.3 Å². The van der Waals surface area contributed by atoms with Gasteiger partial charge in [-0.1, -0.05) is 6.07 Å². The van der Waals surface area contributed by atoms with E-state index in [0.29, 0.717) is 12.1 Å². The van der Waals surface area contributed by atoms with E-state index in [2.05, 4.69) is 0 Å². The van der Waals surface area contributed by atoms with E-state index in [0.717, 1.165) is 18.9 Å². The van der Waals surface area contributed by atoms with Crippen molar-refractivity contribution in [1.29, 1.82) is 0 Å². The molecule has 0 aromatic heterocycles. The summed E-state index contributed by atoms with van der Waals surface area (Å²) in [6, 6.07) is 2.44. The van der Waals surface area contributed by atoms with E-state index in [1.807, 2.05) is 0 Å². The van der Waals surface area contributed by atoms with Crippen LogP contribution in [0, 0.1) is 11.6 Å². The zero-order chi connectivity index (χ0) is 10.3. The largest absolute Gasteiger partial charge is 0.503 e. The first-order valence-electron chi connectivity index (χ1n) is 4.48. The monoisotopic (exact) mass is 199 g/mol. The van der Waals surface area contributed by atoms with Gasteiger partial charge in [0, 0.05) is 12.0 Å². The second-order valence-electron chi connectivity index (χ2n) is 3.74. The van der Waals surface area contributed by atoms with Crippen LogP contribution in [0.4, 0.5) is 8.78 Å². The predicted molar refractivity (Wildman–Crippen MR) is 48.0 cm³/mol. The van der Waals surface area contributed by atoms with E-state index in [1.165, 1.54) is 6.07 Å². The molecule has 0 saturated heterocycles. The van der Waals surface area contributed by atoms with Crippen LogP contribution < -0.4 is 5.73 Å². The third-order valence-corrected chi connectivity index (χ3v) is 2.88. The van der Waals surface area contributed by atoms with E-state index < -0.39 is 17.4 Å². The number of hydrogen-bond donors (Lipinski definition) is 2. The highest BCUT2D eigenvalue weighted by Gasteiger charge is 2.45. The molecule has 0 atom stereocenters. The van der Waals surface area contributed by atoms with Gasteiger partial charge in [-0.05, 0) is 24.5 Å². The molecule has 0 spiro atoms. The number of rotatable bonds is 2.